The molecule has 0 spiro atoms. The zero-order valence-electron chi connectivity index (χ0n) is 21.2. The molecular weight excluding hydrogens is 436 g/mol. The minimum Gasteiger partial charge on any atom is -0.468 e. The summed E-state index contributed by atoms with van der Waals surface area (Å²) < 4.78 is 5.01. The molecule has 182 valence electrons. The molecule has 1 heterocycles. The first-order valence-electron chi connectivity index (χ1n) is 12.1. The highest BCUT2D eigenvalue weighted by Crippen LogP contribution is 2.42. The average Bonchev–Trinajstić information content (AvgIpc) is 2.86. The minimum atomic E-state index is -0.295. The van der Waals surface area contributed by atoms with Crippen molar-refractivity contribution in [2.24, 2.45) is 0 Å². The van der Waals surface area contributed by atoms with Crippen LogP contribution in [0.15, 0.2) is 78.9 Å². The second-order valence-electron chi connectivity index (χ2n) is 10.2. The van der Waals surface area contributed by atoms with Gasteiger partial charge in [-0.25, -0.2) is 0 Å². The van der Waals surface area contributed by atoms with Crippen LogP contribution in [0.1, 0.15) is 61.6 Å². The Morgan fingerprint density at radius 1 is 0.943 bits per heavy atom. The molecule has 0 aliphatic carbocycles. The molecule has 2 atom stereocenters. The number of hydrogen-bond acceptors (Lipinski definition) is 4. The Hall–Kier alpha value is -3.60. The van der Waals surface area contributed by atoms with E-state index in [1.54, 1.807) is 0 Å². The zero-order chi connectivity index (χ0) is 25.2. The Balaban J connectivity index is 1.72. The number of benzene rings is 3. The molecule has 0 aromatic heterocycles. The van der Waals surface area contributed by atoms with Gasteiger partial charge < -0.3 is 14.5 Å². The second kappa shape index (κ2) is 9.95. The topological polar surface area (TPSA) is 49.9 Å². The van der Waals surface area contributed by atoms with Crippen molar-refractivity contribution in [3.63, 3.8) is 0 Å². The fourth-order valence-corrected chi connectivity index (χ4v) is 4.84. The number of nitrogens with zero attached hydrogens (tertiary/aromatic N) is 2. The molecule has 5 heteroatoms. The second-order valence-corrected chi connectivity index (χ2v) is 10.2. The third-order valence-electron chi connectivity index (χ3n) is 6.77. The summed E-state index contributed by atoms with van der Waals surface area (Å²) >= 11 is 0. The molecule has 0 saturated heterocycles. The summed E-state index contributed by atoms with van der Waals surface area (Å²) in [7, 11) is 1.41. The van der Waals surface area contributed by atoms with Gasteiger partial charge in [-0.3, -0.25) is 9.59 Å². The predicted molar refractivity (Wildman–Crippen MR) is 141 cm³/mol. The molecule has 1 amide bonds. The molecule has 3 aromatic rings. The largest absolute Gasteiger partial charge is 0.468 e. The number of rotatable bonds is 5. The lowest BCUT2D eigenvalue weighted by Gasteiger charge is -2.44. The van der Waals surface area contributed by atoms with E-state index in [-0.39, 0.29) is 35.9 Å². The van der Waals surface area contributed by atoms with Crippen molar-refractivity contribution in [1.82, 2.24) is 0 Å². The molecule has 3 aromatic carbocycles. The van der Waals surface area contributed by atoms with E-state index in [4.69, 9.17) is 4.74 Å². The molecule has 4 rings (SSSR count). The van der Waals surface area contributed by atoms with Gasteiger partial charge in [0.1, 0.15) is 6.54 Å². The lowest BCUT2D eigenvalue weighted by Crippen LogP contribution is -2.47. The fraction of sp³-hybridized carbons (Fsp3) is 0.333. The van der Waals surface area contributed by atoms with Crippen molar-refractivity contribution in [3.8, 4) is 0 Å². The molecule has 5 nitrogen and oxygen atoms in total. The SMILES string of the molecule is COC(=O)CN(c1ccccc1)C1CC(C)N(C(=O)c2ccc(C(C)(C)C)cc2)c2ccccc21. The Morgan fingerprint density at radius 3 is 2.20 bits per heavy atom. The summed E-state index contributed by atoms with van der Waals surface area (Å²) in [4.78, 5) is 30.1. The normalized spacial score (nSPS) is 17.5. The van der Waals surface area contributed by atoms with Crippen LogP contribution in [-0.2, 0) is 14.9 Å². The van der Waals surface area contributed by atoms with Crippen LogP contribution >= 0.6 is 0 Å². The van der Waals surface area contributed by atoms with Crippen LogP contribution in [0, 0.1) is 0 Å². The lowest BCUT2D eigenvalue weighted by molar-refractivity contribution is -0.139. The van der Waals surface area contributed by atoms with E-state index in [0.29, 0.717) is 12.0 Å². The monoisotopic (exact) mass is 470 g/mol. The van der Waals surface area contributed by atoms with Crippen LogP contribution < -0.4 is 9.80 Å². The number of fused-ring (bicyclic) bond motifs is 1. The minimum absolute atomic E-state index is 0.0110. The van der Waals surface area contributed by atoms with Gasteiger partial charge in [0.2, 0.25) is 0 Å². The summed E-state index contributed by atoms with van der Waals surface area (Å²) in [5.41, 5.74) is 4.75. The summed E-state index contributed by atoms with van der Waals surface area (Å²) in [6.45, 7) is 8.71. The van der Waals surface area contributed by atoms with Gasteiger partial charge in [0.15, 0.2) is 0 Å². The number of hydrogen-bond donors (Lipinski definition) is 0. The van der Waals surface area contributed by atoms with Gasteiger partial charge >= 0.3 is 5.97 Å². The highest BCUT2D eigenvalue weighted by molar-refractivity contribution is 6.07. The van der Waals surface area contributed by atoms with E-state index < -0.39 is 0 Å². The van der Waals surface area contributed by atoms with Crippen LogP contribution in [0.4, 0.5) is 11.4 Å². The van der Waals surface area contributed by atoms with Gasteiger partial charge in [-0.15, -0.1) is 0 Å². The number of carbonyl (C=O) groups excluding carboxylic acids is 2. The third kappa shape index (κ3) is 5.09. The molecule has 35 heavy (non-hydrogen) atoms. The van der Waals surface area contributed by atoms with Gasteiger partial charge in [-0.1, -0.05) is 69.3 Å². The highest BCUT2D eigenvalue weighted by Gasteiger charge is 2.37. The van der Waals surface area contributed by atoms with E-state index >= 15 is 0 Å². The molecular formula is C30H34N2O3. The Kier molecular flexibility index (Phi) is 6.97. The molecule has 1 aliphatic rings. The van der Waals surface area contributed by atoms with Crippen LogP contribution in [0.5, 0.6) is 0 Å². The van der Waals surface area contributed by atoms with Crippen LogP contribution in [-0.4, -0.2) is 31.6 Å². The molecule has 0 radical (unpaired) electrons. The summed E-state index contributed by atoms with van der Waals surface area (Å²) in [5, 5.41) is 0. The standard InChI is InChI=1S/C30H34N2O3/c1-21-19-27(31(20-28(33)35-5)24-11-7-6-8-12-24)25-13-9-10-14-26(25)32(21)29(34)22-15-17-23(18-16-22)30(2,3)4/h6-18,21,27H,19-20H2,1-5H3. The average molecular weight is 471 g/mol. The van der Waals surface area contributed by atoms with E-state index in [9.17, 15) is 9.59 Å². The molecule has 0 saturated carbocycles. The molecule has 0 fully saturated rings. The van der Waals surface area contributed by atoms with Crippen molar-refractivity contribution in [2.45, 2.75) is 51.6 Å². The van der Waals surface area contributed by atoms with Gasteiger partial charge in [0.25, 0.3) is 5.91 Å². The maximum atomic E-state index is 13.7. The summed E-state index contributed by atoms with van der Waals surface area (Å²) in [6.07, 6.45) is 0.689. The van der Waals surface area contributed by atoms with Crippen molar-refractivity contribution in [3.05, 3.63) is 95.6 Å². The maximum absolute atomic E-state index is 13.7. The first-order valence-corrected chi connectivity index (χ1v) is 12.1. The van der Waals surface area contributed by atoms with Gasteiger partial charge in [-0.05, 0) is 60.2 Å². The Morgan fingerprint density at radius 2 is 1.57 bits per heavy atom. The van der Waals surface area contributed by atoms with Crippen molar-refractivity contribution >= 4 is 23.3 Å². The van der Waals surface area contributed by atoms with Crippen LogP contribution in [0.2, 0.25) is 0 Å². The van der Waals surface area contributed by atoms with E-state index in [2.05, 4.69) is 38.7 Å². The van der Waals surface area contributed by atoms with Crippen LogP contribution in [0.3, 0.4) is 0 Å². The lowest BCUT2D eigenvalue weighted by atomic mass is 9.86. The number of esters is 1. The first-order chi connectivity index (χ1) is 16.7. The molecule has 1 aliphatic heterocycles. The van der Waals surface area contributed by atoms with Gasteiger partial charge in [0, 0.05) is 23.0 Å². The number of ether oxygens (including phenoxy) is 1. The molecule has 0 N–H and O–H groups in total. The summed E-state index contributed by atoms with van der Waals surface area (Å²) in [5.74, 6) is -0.306. The Labute approximate surface area is 208 Å². The van der Waals surface area contributed by atoms with Gasteiger partial charge in [-0.2, -0.15) is 0 Å². The van der Waals surface area contributed by atoms with E-state index in [0.717, 1.165) is 16.9 Å². The summed E-state index contributed by atoms with van der Waals surface area (Å²) in [6, 6.07) is 25.7. The number of methoxy groups -OCH3 is 1. The number of anilines is 2. The quantitative estimate of drug-likeness (QED) is 0.420. The van der Waals surface area contributed by atoms with E-state index in [1.165, 1.54) is 12.7 Å². The molecule has 0 bridgehead atoms. The van der Waals surface area contributed by atoms with Crippen molar-refractivity contribution in [1.29, 1.82) is 0 Å². The fourth-order valence-electron chi connectivity index (χ4n) is 4.84. The van der Waals surface area contributed by atoms with Gasteiger partial charge in [0.05, 0.1) is 13.2 Å². The van der Waals surface area contributed by atoms with Crippen LogP contribution in [0.25, 0.3) is 0 Å². The van der Waals surface area contributed by atoms with E-state index in [1.807, 2.05) is 77.7 Å². The maximum Gasteiger partial charge on any atom is 0.325 e. The van der Waals surface area contributed by atoms with Crippen molar-refractivity contribution in [2.75, 3.05) is 23.5 Å². The number of carbonyl (C=O) groups is 2. The smallest absolute Gasteiger partial charge is 0.325 e. The number of para-hydroxylation sites is 2. The predicted octanol–water partition coefficient (Wildman–Crippen LogP) is 6.14. The Bertz CT molecular complexity index is 1180. The number of amides is 1. The van der Waals surface area contributed by atoms with Crippen molar-refractivity contribution < 1.29 is 14.3 Å². The first kappa shape index (κ1) is 24.5. The third-order valence-corrected chi connectivity index (χ3v) is 6.77. The highest BCUT2D eigenvalue weighted by atomic mass is 16.5. The molecule has 2 unspecified atom stereocenters. The zero-order valence-corrected chi connectivity index (χ0v) is 21.2.